The van der Waals surface area contributed by atoms with Crippen LogP contribution in [0.3, 0.4) is 0 Å². The Kier molecular flexibility index (Phi) is 6.02. The standard InChI is InChI=1S/C15H12BrCl2IO/c1-2-20-14-6-4-10(16)8-11(14)15(18)9-3-5-13(19)12(17)7-9/h3-8,15H,2H2,1H3. The van der Waals surface area contributed by atoms with Crippen LogP contribution in [0.2, 0.25) is 5.02 Å². The molecule has 0 aromatic heterocycles. The molecule has 0 bridgehead atoms. The normalized spacial score (nSPS) is 12.2. The fourth-order valence-electron chi connectivity index (χ4n) is 1.85. The molecular formula is C15H12BrCl2IO. The molecule has 0 fully saturated rings. The van der Waals surface area contributed by atoms with Crippen molar-refractivity contribution >= 4 is 61.7 Å². The first-order valence-electron chi connectivity index (χ1n) is 6.04. The molecule has 2 aromatic carbocycles. The molecule has 0 amide bonds. The molecule has 0 heterocycles. The molecule has 0 aliphatic carbocycles. The van der Waals surface area contributed by atoms with E-state index in [4.69, 9.17) is 27.9 Å². The van der Waals surface area contributed by atoms with Gasteiger partial charge in [0.05, 0.1) is 17.0 Å². The highest BCUT2D eigenvalue weighted by atomic mass is 127. The Hall–Kier alpha value is 0.0300. The van der Waals surface area contributed by atoms with Crippen molar-refractivity contribution in [2.75, 3.05) is 6.61 Å². The molecule has 0 N–H and O–H groups in total. The van der Waals surface area contributed by atoms with Crippen molar-refractivity contribution in [3.05, 3.63) is 60.6 Å². The Morgan fingerprint density at radius 3 is 2.65 bits per heavy atom. The number of hydrogen-bond donors (Lipinski definition) is 0. The summed E-state index contributed by atoms with van der Waals surface area (Å²) in [5.41, 5.74) is 1.89. The molecule has 0 spiro atoms. The molecule has 1 unspecified atom stereocenters. The molecule has 0 aliphatic heterocycles. The largest absolute Gasteiger partial charge is 0.494 e. The van der Waals surface area contributed by atoms with Crippen LogP contribution in [-0.4, -0.2) is 6.61 Å². The van der Waals surface area contributed by atoms with E-state index in [1.807, 2.05) is 43.3 Å². The number of ether oxygens (including phenoxy) is 1. The highest BCUT2D eigenvalue weighted by molar-refractivity contribution is 14.1. The summed E-state index contributed by atoms with van der Waals surface area (Å²) in [5.74, 6) is 0.797. The van der Waals surface area contributed by atoms with Crippen molar-refractivity contribution < 1.29 is 4.74 Å². The second-order valence-corrected chi connectivity index (χ2v) is 7.07. The van der Waals surface area contributed by atoms with E-state index >= 15 is 0 Å². The van der Waals surface area contributed by atoms with E-state index in [1.54, 1.807) is 0 Å². The van der Waals surface area contributed by atoms with Crippen molar-refractivity contribution in [3.63, 3.8) is 0 Å². The zero-order valence-corrected chi connectivity index (χ0v) is 15.9. The molecule has 0 radical (unpaired) electrons. The second-order valence-electron chi connectivity index (χ2n) is 4.15. The molecule has 5 heteroatoms. The summed E-state index contributed by atoms with van der Waals surface area (Å²) < 4.78 is 7.63. The van der Waals surface area contributed by atoms with Crippen molar-refractivity contribution in [1.82, 2.24) is 0 Å². The summed E-state index contributed by atoms with van der Waals surface area (Å²) in [6.07, 6.45) is 0. The van der Waals surface area contributed by atoms with Crippen LogP contribution in [0.4, 0.5) is 0 Å². The Bertz CT molecular complexity index is 619. The molecule has 0 saturated carbocycles. The minimum Gasteiger partial charge on any atom is -0.494 e. The number of halogens is 4. The van der Waals surface area contributed by atoms with Gasteiger partial charge in [-0.2, -0.15) is 0 Å². The zero-order valence-electron chi connectivity index (χ0n) is 10.7. The van der Waals surface area contributed by atoms with Crippen LogP contribution in [0.25, 0.3) is 0 Å². The van der Waals surface area contributed by atoms with Gasteiger partial charge in [0.1, 0.15) is 5.75 Å². The number of benzene rings is 2. The van der Waals surface area contributed by atoms with Crippen LogP contribution >= 0.6 is 61.7 Å². The summed E-state index contributed by atoms with van der Waals surface area (Å²) in [7, 11) is 0. The van der Waals surface area contributed by atoms with Gasteiger partial charge < -0.3 is 4.74 Å². The summed E-state index contributed by atoms with van der Waals surface area (Å²) in [5, 5.41) is 0.408. The van der Waals surface area contributed by atoms with E-state index < -0.39 is 0 Å². The van der Waals surface area contributed by atoms with Gasteiger partial charge in [0.15, 0.2) is 0 Å². The van der Waals surface area contributed by atoms with Gasteiger partial charge in [-0.25, -0.2) is 0 Å². The van der Waals surface area contributed by atoms with E-state index in [9.17, 15) is 0 Å². The molecule has 106 valence electrons. The van der Waals surface area contributed by atoms with Crippen molar-refractivity contribution in [1.29, 1.82) is 0 Å². The zero-order chi connectivity index (χ0) is 14.7. The lowest BCUT2D eigenvalue weighted by Crippen LogP contribution is -2.00. The summed E-state index contributed by atoms with van der Waals surface area (Å²) in [6, 6.07) is 11.7. The van der Waals surface area contributed by atoms with Gasteiger partial charge in [-0.15, -0.1) is 11.6 Å². The van der Waals surface area contributed by atoms with Crippen LogP contribution in [0.15, 0.2) is 40.9 Å². The van der Waals surface area contributed by atoms with E-state index in [0.717, 1.165) is 24.9 Å². The molecule has 2 rings (SSSR count). The Morgan fingerprint density at radius 2 is 2.00 bits per heavy atom. The second kappa shape index (κ2) is 7.34. The molecule has 2 aromatic rings. The van der Waals surface area contributed by atoms with Crippen molar-refractivity contribution in [2.45, 2.75) is 12.3 Å². The predicted molar refractivity (Wildman–Crippen MR) is 97.2 cm³/mol. The van der Waals surface area contributed by atoms with Crippen LogP contribution < -0.4 is 4.74 Å². The molecule has 0 aliphatic rings. The van der Waals surface area contributed by atoms with Crippen LogP contribution in [0.5, 0.6) is 5.75 Å². The highest BCUT2D eigenvalue weighted by Gasteiger charge is 2.17. The van der Waals surface area contributed by atoms with Gasteiger partial charge in [0, 0.05) is 13.6 Å². The van der Waals surface area contributed by atoms with Gasteiger partial charge in [0.2, 0.25) is 0 Å². The third-order valence-electron chi connectivity index (χ3n) is 2.78. The maximum Gasteiger partial charge on any atom is 0.124 e. The third-order valence-corrected chi connectivity index (χ3v) is 5.33. The topological polar surface area (TPSA) is 9.23 Å². The summed E-state index contributed by atoms with van der Waals surface area (Å²) >= 11 is 18.4. The molecule has 0 saturated heterocycles. The Labute approximate surface area is 150 Å². The average Bonchev–Trinajstić information content (AvgIpc) is 2.43. The maximum absolute atomic E-state index is 6.61. The van der Waals surface area contributed by atoms with E-state index in [0.29, 0.717) is 11.6 Å². The number of hydrogen-bond acceptors (Lipinski definition) is 1. The van der Waals surface area contributed by atoms with Gasteiger partial charge in [0.25, 0.3) is 0 Å². The Morgan fingerprint density at radius 1 is 1.25 bits per heavy atom. The average molecular weight is 486 g/mol. The summed E-state index contributed by atoms with van der Waals surface area (Å²) in [4.78, 5) is 0. The van der Waals surface area contributed by atoms with Crippen LogP contribution in [0, 0.1) is 3.57 Å². The fraction of sp³-hybridized carbons (Fsp3) is 0.200. The molecule has 1 atom stereocenters. The SMILES string of the molecule is CCOc1ccc(Br)cc1C(Cl)c1ccc(I)c(Cl)c1. The lowest BCUT2D eigenvalue weighted by molar-refractivity contribution is 0.337. The predicted octanol–water partition coefficient (Wildman–Crippen LogP) is 6.43. The minimum atomic E-state index is -0.302. The first-order chi connectivity index (χ1) is 9.52. The smallest absolute Gasteiger partial charge is 0.124 e. The minimum absolute atomic E-state index is 0.302. The number of rotatable bonds is 4. The lowest BCUT2D eigenvalue weighted by Gasteiger charge is -2.16. The van der Waals surface area contributed by atoms with Crippen LogP contribution in [-0.2, 0) is 0 Å². The highest BCUT2D eigenvalue weighted by Crippen LogP contribution is 2.38. The van der Waals surface area contributed by atoms with Crippen molar-refractivity contribution in [2.24, 2.45) is 0 Å². The van der Waals surface area contributed by atoms with Gasteiger partial charge in [-0.3, -0.25) is 0 Å². The van der Waals surface area contributed by atoms with Gasteiger partial charge in [-0.05, 0) is 65.4 Å². The van der Waals surface area contributed by atoms with E-state index in [1.165, 1.54) is 0 Å². The molecular weight excluding hydrogens is 474 g/mol. The summed E-state index contributed by atoms with van der Waals surface area (Å²) in [6.45, 7) is 2.56. The Balaban J connectivity index is 2.43. The van der Waals surface area contributed by atoms with E-state index in [2.05, 4.69) is 38.5 Å². The lowest BCUT2D eigenvalue weighted by atomic mass is 10.0. The molecule has 20 heavy (non-hydrogen) atoms. The number of alkyl halides is 1. The molecule has 1 nitrogen and oxygen atoms in total. The van der Waals surface area contributed by atoms with Crippen LogP contribution in [0.1, 0.15) is 23.4 Å². The quantitative estimate of drug-likeness (QED) is 0.358. The van der Waals surface area contributed by atoms with Gasteiger partial charge >= 0.3 is 0 Å². The monoisotopic (exact) mass is 484 g/mol. The maximum atomic E-state index is 6.61. The first-order valence-corrected chi connectivity index (χ1v) is 8.72. The van der Waals surface area contributed by atoms with Gasteiger partial charge in [-0.1, -0.05) is 33.6 Å². The first kappa shape index (κ1) is 16.4. The third kappa shape index (κ3) is 3.81. The van der Waals surface area contributed by atoms with E-state index in [-0.39, 0.29) is 5.38 Å². The van der Waals surface area contributed by atoms with Crippen molar-refractivity contribution in [3.8, 4) is 5.75 Å². The fourth-order valence-corrected chi connectivity index (χ4v) is 3.06.